The van der Waals surface area contributed by atoms with E-state index in [4.69, 9.17) is 9.16 Å². The number of rotatable bonds is 6. The molecule has 5 heteroatoms. The molecule has 1 saturated heterocycles. The van der Waals surface area contributed by atoms with Gasteiger partial charge in [-0.1, -0.05) is 93.6 Å². The molecular formula is C29H35NO3Si. The maximum atomic E-state index is 11.8. The van der Waals surface area contributed by atoms with Crippen LogP contribution in [0.5, 0.6) is 0 Å². The lowest BCUT2D eigenvalue weighted by Crippen LogP contribution is -2.68. The molecule has 0 bridgehead atoms. The van der Waals surface area contributed by atoms with Crippen molar-refractivity contribution in [2.75, 3.05) is 13.7 Å². The Morgan fingerprint density at radius 3 is 1.94 bits per heavy atom. The molecule has 1 N–H and O–H groups in total. The Labute approximate surface area is 204 Å². The Morgan fingerprint density at radius 2 is 1.44 bits per heavy atom. The minimum Gasteiger partial charge on any atom is -0.465 e. The zero-order valence-electron chi connectivity index (χ0n) is 20.6. The standard InChI is InChI=1S/C29H35NO3Si/c1-29(2,3)34(25-11-7-5-8-12-25,26-13-9-6-10-14-26)33-24-19-20-30-27(21-24)22-15-17-23(18-16-22)28(31)32-4/h5-18,24,27,30H,19-21H2,1-4H3. The highest BCUT2D eigenvalue weighted by atomic mass is 28.4. The van der Waals surface area contributed by atoms with E-state index in [1.165, 1.54) is 23.0 Å². The third-order valence-corrected chi connectivity index (χ3v) is 11.9. The van der Waals surface area contributed by atoms with Gasteiger partial charge < -0.3 is 14.5 Å². The Balaban J connectivity index is 1.66. The molecule has 0 aromatic heterocycles. The minimum absolute atomic E-state index is 0.0434. The molecule has 4 nitrogen and oxygen atoms in total. The van der Waals surface area contributed by atoms with Crippen molar-refractivity contribution in [3.63, 3.8) is 0 Å². The average molecular weight is 474 g/mol. The summed E-state index contributed by atoms with van der Waals surface area (Å²) in [7, 11) is -1.18. The maximum Gasteiger partial charge on any atom is 0.337 e. The third-order valence-electron chi connectivity index (χ3n) is 6.85. The number of esters is 1. The molecule has 1 aliphatic heterocycles. The second-order valence-corrected chi connectivity index (χ2v) is 14.3. The second-order valence-electron chi connectivity index (χ2n) is 10.0. The molecule has 178 valence electrons. The molecule has 0 spiro atoms. The fraction of sp³-hybridized carbons (Fsp3) is 0.345. The van der Waals surface area contributed by atoms with E-state index >= 15 is 0 Å². The number of benzene rings is 3. The van der Waals surface area contributed by atoms with Crippen LogP contribution in [0.15, 0.2) is 84.9 Å². The number of nitrogens with one attached hydrogen (secondary N) is 1. The molecule has 3 aromatic carbocycles. The van der Waals surface area contributed by atoms with Crippen molar-refractivity contribution in [3.8, 4) is 0 Å². The quantitative estimate of drug-likeness (QED) is 0.411. The molecular weight excluding hydrogens is 438 g/mol. The van der Waals surface area contributed by atoms with Gasteiger partial charge in [0.05, 0.1) is 12.7 Å². The minimum atomic E-state index is -2.59. The lowest BCUT2D eigenvalue weighted by Gasteiger charge is -2.46. The van der Waals surface area contributed by atoms with Gasteiger partial charge in [-0.3, -0.25) is 0 Å². The molecule has 0 aliphatic carbocycles. The summed E-state index contributed by atoms with van der Waals surface area (Å²) in [6, 6.07) is 29.6. The topological polar surface area (TPSA) is 47.6 Å². The number of hydrogen-bond acceptors (Lipinski definition) is 4. The van der Waals surface area contributed by atoms with E-state index in [2.05, 4.69) is 86.8 Å². The lowest BCUT2D eigenvalue weighted by atomic mass is 9.95. The predicted octanol–water partition coefficient (Wildman–Crippen LogP) is 4.84. The van der Waals surface area contributed by atoms with Gasteiger partial charge in [0, 0.05) is 12.1 Å². The summed E-state index contributed by atoms with van der Waals surface area (Å²) in [4.78, 5) is 11.8. The van der Waals surface area contributed by atoms with Crippen molar-refractivity contribution in [2.45, 2.75) is 50.8 Å². The number of piperidine rings is 1. The van der Waals surface area contributed by atoms with Crippen LogP contribution in [-0.4, -0.2) is 34.0 Å². The van der Waals surface area contributed by atoms with Crippen LogP contribution in [-0.2, 0) is 9.16 Å². The van der Waals surface area contributed by atoms with Crippen LogP contribution in [0.2, 0.25) is 5.04 Å². The van der Waals surface area contributed by atoms with E-state index in [0.29, 0.717) is 5.56 Å². The first-order chi connectivity index (χ1) is 16.3. The summed E-state index contributed by atoms with van der Waals surface area (Å²) < 4.78 is 12.2. The number of methoxy groups -OCH3 is 1. The van der Waals surface area contributed by atoms with Crippen LogP contribution < -0.4 is 15.7 Å². The molecule has 2 atom stereocenters. The predicted molar refractivity (Wildman–Crippen MR) is 140 cm³/mol. The molecule has 1 aliphatic rings. The van der Waals surface area contributed by atoms with E-state index in [1.807, 2.05) is 24.3 Å². The van der Waals surface area contributed by atoms with Gasteiger partial charge in [0.2, 0.25) is 0 Å². The van der Waals surface area contributed by atoms with Crippen molar-refractivity contribution in [1.29, 1.82) is 0 Å². The van der Waals surface area contributed by atoms with Crippen LogP contribution >= 0.6 is 0 Å². The first kappa shape index (κ1) is 24.4. The van der Waals surface area contributed by atoms with Crippen molar-refractivity contribution in [1.82, 2.24) is 5.32 Å². The number of carbonyl (C=O) groups excluding carboxylic acids is 1. The fourth-order valence-electron chi connectivity index (χ4n) is 5.15. The van der Waals surface area contributed by atoms with Crippen LogP contribution in [0.3, 0.4) is 0 Å². The monoisotopic (exact) mass is 473 g/mol. The van der Waals surface area contributed by atoms with Crippen molar-refractivity contribution < 1.29 is 14.0 Å². The van der Waals surface area contributed by atoms with Gasteiger partial charge in [-0.2, -0.15) is 0 Å². The Bertz CT molecular complexity index is 1040. The Morgan fingerprint density at radius 1 is 0.882 bits per heavy atom. The van der Waals surface area contributed by atoms with Gasteiger partial charge in [0.1, 0.15) is 0 Å². The normalized spacial score (nSPS) is 18.9. The van der Waals surface area contributed by atoms with Gasteiger partial charge in [-0.25, -0.2) is 4.79 Å². The fourth-order valence-corrected chi connectivity index (χ4v) is 9.88. The molecule has 3 aromatic rings. The van der Waals surface area contributed by atoms with Gasteiger partial charge >= 0.3 is 5.97 Å². The Kier molecular flexibility index (Phi) is 7.36. The highest BCUT2D eigenvalue weighted by molar-refractivity contribution is 6.99. The summed E-state index contributed by atoms with van der Waals surface area (Å²) >= 11 is 0. The van der Waals surface area contributed by atoms with Gasteiger partial charge in [0.15, 0.2) is 0 Å². The Hall–Kier alpha value is -2.73. The van der Waals surface area contributed by atoms with E-state index in [9.17, 15) is 4.79 Å². The van der Waals surface area contributed by atoms with Gasteiger partial charge in [0.25, 0.3) is 8.32 Å². The highest BCUT2D eigenvalue weighted by Crippen LogP contribution is 2.39. The van der Waals surface area contributed by atoms with Crippen LogP contribution in [0.25, 0.3) is 0 Å². The van der Waals surface area contributed by atoms with Crippen molar-refractivity contribution in [2.24, 2.45) is 0 Å². The number of hydrogen-bond donors (Lipinski definition) is 1. The largest absolute Gasteiger partial charge is 0.465 e. The molecule has 2 unspecified atom stereocenters. The van der Waals surface area contributed by atoms with Crippen LogP contribution in [0.4, 0.5) is 0 Å². The first-order valence-corrected chi connectivity index (χ1v) is 14.0. The summed E-state index contributed by atoms with van der Waals surface area (Å²) in [5.41, 5.74) is 1.74. The van der Waals surface area contributed by atoms with E-state index in [1.54, 1.807) is 0 Å². The summed E-state index contributed by atoms with van der Waals surface area (Å²) in [6.07, 6.45) is 2.00. The SMILES string of the molecule is COC(=O)c1ccc(C2CC(O[Si](c3ccccc3)(c3ccccc3)C(C)(C)C)CCN2)cc1. The molecule has 0 amide bonds. The van der Waals surface area contributed by atoms with E-state index in [-0.39, 0.29) is 23.2 Å². The molecule has 34 heavy (non-hydrogen) atoms. The van der Waals surface area contributed by atoms with Crippen molar-refractivity contribution in [3.05, 3.63) is 96.1 Å². The zero-order valence-corrected chi connectivity index (χ0v) is 21.6. The second kappa shape index (κ2) is 10.3. The summed E-state index contributed by atoms with van der Waals surface area (Å²) in [5, 5.41) is 6.23. The van der Waals surface area contributed by atoms with Gasteiger partial charge in [-0.05, 0) is 52.5 Å². The molecule has 1 fully saturated rings. The number of carbonyl (C=O) groups is 1. The van der Waals surface area contributed by atoms with E-state index < -0.39 is 8.32 Å². The van der Waals surface area contributed by atoms with Crippen molar-refractivity contribution >= 4 is 24.7 Å². The number of ether oxygens (including phenoxy) is 1. The van der Waals surface area contributed by atoms with E-state index in [0.717, 1.165) is 19.4 Å². The zero-order chi connectivity index (χ0) is 24.2. The smallest absolute Gasteiger partial charge is 0.337 e. The first-order valence-electron chi connectivity index (χ1n) is 12.1. The van der Waals surface area contributed by atoms with Gasteiger partial charge in [-0.15, -0.1) is 0 Å². The average Bonchev–Trinajstić information content (AvgIpc) is 2.87. The molecule has 0 radical (unpaired) electrons. The van der Waals surface area contributed by atoms with Crippen LogP contribution in [0.1, 0.15) is 55.6 Å². The summed E-state index contributed by atoms with van der Waals surface area (Å²) in [5.74, 6) is -0.309. The van der Waals surface area contributed by atoms with Crippen LogP contribution in [0, 0.1) is 0 Å². The lowest BCUT2D eigenvalue weighted by molar-refractivity contribution is 0.0600. The molecule has 4 rings (SSSR count). The third kappa shape index (κ3) is 4.87. The highest BCUT2D eigenvalue weighted by Gasteiger charge is 2.51. The molecule has 1 heterocycles. The molecule has 0 saturated carbocycles. The summed E-state index contributed by atoms with van der Waals surface area (Å²) in [6.45, 7) is 7.86. The maximum absolute atomic E-state index is 11.8.